The number of aryl methyl sites for hydroxylation is 1. The number of thioether (sulfide) groups is 1. The Morgan fingerprint density at radius 1 is 1.25 bits per heavy atom. The maximum atomic E-state index is 12.2. The maximum absolute atomic E-state index is 12.2. The van der Waals surface area contributed by atoms with Gasteiger partial charge in [0.15, 0.2) is 5.16 Å². The van der Waals surface area contributed by atoms with E-state index in [-0.39, 0.29) is 11.7 Å². The molecule has 1 N–H and O–H groups in total. The molecule has 1 aromatic carbocycles. The van der Waals surface area contributed by atoms with E-state index in [9.17, 15) is 4.79 Å². The van der Waals surface area contributed by atoms with Crippen LogP contribution in [0, 0.1) is 13.8 Å². The SMILES string of the molecule is Cc1cccc(NC(=O)CSc2nncn2-c2cccnc2)c1C. The smallest absolute Gasteiger partial charge is 0.234 e. The van der Waals surface area contributed by atoms with Gasteiger partial charge >= 0.3 is 0 Å². The minimum Gasteiger partial charge on any atom is -0.325 e. The molecule has 0 atom stereocenters. The topological polar surface area (TPSA) is 72.7 Å². The summed E-state index contributed by atoms with van der Waals surface area (Å²) < 4.78 is 1.81. The fourth-order valence-corrected chi connectivity index (χ4v) is 2.93. The Morgan fingerprint density at radius 2 is 2.12 bits per heavy atom. The molecule has 0 aliphatic rings. The van der Waals surface area contributed by atoms with E-state index in [0.717, 1.165) is 22.5 Å². The normalized spacial score (nSPS) is 10.6. The zero-order valence-electron chi connectivity index (χ0n) is 13.4. The van der Waals surface area contributed by atoms with Crippen LogP contribution in [-0.4, -0.2) is 31.4 Å². The molecule has 1 amide bonds. The van der Waals surface area contributed by atoms with Crippen LogP contribution in [0.4, 0.5) is 5.69 Å². The van der Waals surface area contributed by atoms with Crippen LogP contribution >= 0.6 is 11.8 Å². The first-order valence-electron chi connectivity index (χ1n) is 7.44. The summed E-state index contributed by atoms with van der Waals surface area (Å²) in [6.07, 6.45) is 5.05. The van der Waals surface area contributed by atoms with E-state index < -0.39 is 0 Å². The molecule has 0 bridgehead atoms. The second kappa shape index (κ2) is 7.27. The highest BCUT2D eigenvalue weighted by Gasteiger charge is 2.11. The number of benzene rings is 1. The molecule has 0 fully saturated rings. The number of carbonyl (C=O) groups excluding carboxylic acids is 1. The van der Waals surface area contributed by atoms with E-state index in [1.165, 1.54) is 11.8 Å². The van der Waals surface area contributed by atoms with Crippen LogP contribution in [0.15, 0.2) is 54.2 Å². The fraction of sp³-hybridized carbons (Fsp3) is 0.176. The summed E-state index contributed by atoms with van der Waals surface area (Å²) in [4.78, 5) is 16.3. The van der Waals surface area contributed by atoms with Crippen LogP contribution in [0.3, 0.4) is 0 Å². The highest BCUT2D eigenvalue weighted by Crippen LogP contribution is 2.21. The van der Waals surface area contributed by atoms with Crippen LogP contribution in [0.25, 0.3) is 5.69 Å². The number of nitrogens with one attached hydrogen (secondary N) is 1. The Morgan fingerprint density at radius 3 is 2.92 bits per heavy atom. The number of hydrogen-bond acceptors (Lipinski definition) is 5. The summed E-state index contributed by atoms with van der Waals surface area (Å²) in [5.74, 6) is 0.182. The molecule has 0 saturated heterocycles. The van der Waals surface area contributed by atoms with Gasteiger partial charge < -0.3 is 5.32 Å². The summed E-state index contributed by atoms with van der Waals surface area (Å²) in [7, 11) is 0. The summed E-state index contributed by atoms with van der Waals surface area (Å²) in [5.41, 5.74) is 3.93. The molecule has 0 saturated carbocycles. The Balaban J connectivity index is 1.65. The number of carbonyl (C=O) groups is 1. The molecule has 24 heavy (non-hydrogen) atoms. The summed E-state index contributed by atoms with van der Waals surface area (Å²) in [6, 6.07) is 9.62. The Kier molecular flexibility index (Phi) is 4.90. The van der Waals surface area contributed by atoms with Crippen molar-refractivity contribution < 1.29 is 4.79 Å². The summed E-state index contributed by atoms with van der Waals surface area (Å²) >= 11 is 1.34. The van der Waals surface area contributed by atoms with Crippen LogP contribution in [0.5, 0.6) is 0 Å². The molecule has 6 nitrogen and oxygen atoms in total. The van der Waals surface area contributed by atoms with Gasteiger partial charge in [-0.3, -0.25) is 14.3 Å². The average Bonchev–Trinajstić information content (AvgIpc) is 3.06. The first-order chi connectivity index (χ1) is 11.6. The van der Waals surface area contributed by atoms with Gasteiger partial charge in [0.25, 0.3) is 0 Å². The number of nitrogens with zero attached hydrogens (tertiary/aromatic N) is 4. The molecule has 7 heteroatoms. The second-order valence-electron chi connectivity index (χ2n) is 5.28. The van der Waals surface area contributed by atoms with Crippen LogP contribution in [0.2, 0.25) is 0 Å². The highest BCUT2D eigenvalue weighted by molar-refractivity contribution is 7.99. The lowest BCUT2D eigenvalue weighted by Crippen LogP contribution is -2.15. The van der Waals surface area contributed by atoms with Crippen molar-refractivity contribution in [2.75, 3.05) is 11.1 Å². The van der Waals surface area contributed by atoms with E-state index >= 15 is 0 Å². The van der Waals surface area contributed by atoms with Gasteiger partial charge in [-0.15, -0.1) is 10.2 Å². The molecule has 2 aromatic heterocycles. The molecular formula is C17H17N5OS. The number of anilines is 1. The Labute approximate surface area is 144 Å². The van der Waals surface area contributed by atoms with E-state index in [4.69, 9.17) is 0 Å². The molecule has 3 rings (SSSR count). The van der Waals surface area contributed by atoms with E-state index in [1.54, 1.807) is 18.7 Å². The summed E-state index contributed by atoms with van der Waals surface area (Å²) in [6.45, 7) is 4.02. The van der Waals surface area contributed by atoms with Crippen LogP contribution in [0.1, 0.15) is 11.1 Å². The van der Waals surface area contributed by atoms with Crippen molar-refractivity contribution in [3.8, 4) is 5.69 Å². The molecule has 0 radical (unpaired) electrons. The third-order valence-electron chi connectivity index (χ3n) is 3.65. The van der Waals surface area contributed by atoms with Gasteiger partial charge in [0, 0.05) is 11.9 Å². The predicted octanol–water partition coefficient (Wildman–Crippen LogP) is 3.01. The van der Waals surface area contributed by atoms with E-state index in [2.05, 4.69) is 20.5 Å². The second-order valence-corrected chi connectivity index (χ2v) is 6.22. The minimum absolute atomic E-state index is 0.0746. The molecule has 3 aromatic rings. The molecule has 0 spiro atoms. The first-order valence-corrected chi connectivity index (χ1v) is 8.43. The average molecular weight is 339 g/mol. The van der Waals surface area contributed by atoms with Crippen molar-refractivity contribution in [3.63, 3.8) is 0 Å². The lowest BCUT2D eigenvalue weighted by atomic mass is 10.1. The quantitative estimate of drug-likeness (QED) is 0.724. The number of hydrogen-bond donors (Lipinski definition) is 1. The van der Waals surface area contributed by atoms with Gasteiger partial charge in [0.1, 0.15) is 6.33 Å². The van der Waals surface area contributed by atoms with Gasteiger partial charge in [-0.05, 0) is 43.2 Å². The summed E-state index contributed by atoms with van der Waals surface area (Å²) in [5, 5.41) is 11.6. The van der Waals surface area contributed by atoms with E-state index in [0.29, 0.717) is 5.16 Å². The number of aromatic nitrogens is 4. The molecule has 2 heterocycles. The number of pyridine rings is 1. The minimum atomic E-state index is -0.0746. The van der Waals surface area contributed by atoms with Crippen molar-refractivity contribution >= 4 is 23.4 Å². The van der Waals surface area contributed by atoms with Crippen LogP contribution < -0.4 is 5.32 Å². The van der Waals surface area contributed by atoms with E-state index in [1.807, 2.05) is 48.7 Å². The monoisotopic (exact) mass is 339 g/mol. The van der Waals surface area contributed by atoms with Gasteiger partial charge in [-0.2, -0.15) is 0 Å². The van der Waals surface area contributed by atoms with Gasteiger partial charge in [0.2, 0.25) is 5.91 Å². The lowest BCUT2D eigenvalue weighted by Gasteiger charge is -2.10. The van der Waals surface area contributed by atoms with Crippen molar-refractivity contribution in [2.24, 2.45) is 0 Å². The number of rotatable bonds is 5. The standard InChI is InChI=1S/C17H17N5OS/c1-12-5-3-7-15(13(12)2)20-16(23)10-24-17-21-19-11-22(17)14-6-4-8-18-9-14/h3-9,11H,10H2,1-2H3,(H,20,23). The van der Waals surface area contributed by atoms with Gasteiger partial charge in [-0.25, -0.2) is 0 Å². The predicted molar refractivity (Wildman–Crippen MR) is 94.4 cm³/mol. The zero-order chi connectivity index (χ0) is 16.9. The molecule has 0 aliphatic carbocycles. The van der Waals surface area contributed by atoms with Crippen molar-refractivity contribution in [3.05, 3.63) is 60.2 Å². The lowest BCUT2D eigenvalue weighted by molar-refractivity contribution is -0.113. The van der Waals surface area contributed by atoms with Crippen molar-refractivity contribution in [2.45, 2.75) is 19.0 Å². The third-order valence-corrected chi connectivity index (χ3v) is 4.59. The van der Waals surface area contributed by atoms with Crippen molar-refractivity contribution in [1.82, 2.24) is 19.7 Å². The van der Waals surface area contributed by atoms with Crippen molar-refractivity contribution in [1.29, 1.82) is 0 Å². The number of amides is 1. The molecule has 0 unspecified atom stereocenters. The maximum Gasteiger partial charge on any atom is 0.234 e. The molecule has 0 aliphatic heterocycles. The molecule has 122 valence electrons. The fourth-order valence-electron chi connectivity index (χ4n) is 2.20. The molecular weight excluding hydrogens is 322 g/mol. The van der Waals surface area contributed by atoms with Gasteiger partial charge in [0.05, 0.1) is 17.6 Å². The van der Waals surface area contributed by atoms with Crippen LogP contribution in [-0.2, 0) is 4.79 Å². The largest absolute Gasteiger partial charge is 0.325 e. The first kappa shape index (κ1) is 16.2. The highest BCUT2D eigenvalue weighted by atomic mass is 32.2. The third kappa shape index (κ3) is 3.62. The Bertz CT molecular complexity index is 847. The zero-order valence-corrected chi connectivity index (χ0v) is 14.2. The van der Waals surface area contributed by atoms with Gasteiger partial charge in [-0.1, -0.05) is 23.9 Å². The Hall–Kier alpha value is -2.67.